The molecule has 2 aromatic heterocycles. The second kappa shape index (κ2) is 3.45. The van der Waals surface area contributed by atoms with Gasteiger partial charge in [-0.1, -0.05) is 6.07 Å². The van der Waals surface area contributed by atoms with Crippen molar-refractivity contribution in [2.24, 2.45) is 0 Å². The van der Waals surface area contributed by atoms with E-state index in [-0.39, 0.29) is 0 Å². The molecule has 0 aliphatic rings. The summed E-state index contributed by atoms with van der Waals surface area (Å²) in [6, 6.07) is 8.22. The van der Waals surface area contributed by atoms with Crippen LogP contribution in [-0.4, -0.2) is 28.7 Å². The Morgan fingerprint density at radius 3 is 2.71 bits per heavy atom. The fourth-order valence-corrected chi connectivity index (χ4v) is 2.06. The van der Waals surface area contributed by atoms with Crippen LogP contribution < -0.4 is 4.90 Å². The monoisotopic (exact) mass is 226 g/mol. The van der Waals surface area contributed by atoms with Gasteiger partial charge in [-0.25, -0.2) is 9.50 Å². The highest BCUT2D eigenvalue weighted by molar-refractivity contribution is 5.84. The van der Waals surface area contributed by atoms with Crippen molar-refractivity contribution in [3.63, 3.8) is 0 Å². The average Bonchev–Trinajstić information content (AvgIpc) is 2.76. The minimum Gasteiger partial charge on any atom is -0.361 e. The van der Waals surface area contributed by atoms with Crippen molar-refractivity contribution in [1.82, 2.24) is 14.6 Å². The van der Waals surface area contributed by atoms with Crippen LogP contribution in [0.3, 0.4) is 0 Å². The first kappa shape index (κ1) is 10.1. The lowest BCUT2D eigenvalue weighted by Crippen LogP contribution is -2.12. The maximum Gasteiger partial charge on any atom is 0.154 e. The summed E-state index contributed by atoms with van der Waals surface area (Å²) in [6.07, 6.45) is 1.81. The van der Waals surface area contributed by atoms with Crippen LogP contribution in [0.4, 0.5) is 5.82 Å². The van der Waals surface area contributed by atoms with Crippen molar-refractivity contribution < 1.29 is 0 Å². The van der Waals surface area contributed by atoms with Gasteiger partial charge in [-0.15, -0.1) is 0 Å². The van der Waals surface area contributed by atoms with Crippen molar-refractivity contribution in [1.29, 1.82) is 0 Å². The van der Waals surface area contributed by atoms with Crippen LogP contribution in [0.2, 0.25) is 0 Å². The Hall–Kier alpha value is -2.10. The van der Waals surface area contributed by atoms with Crippen LogP contribution in [0.5, 0.6) is 0 Å². The Balaban J connectivity index is 2.51. The Bertz CT molecular complexity index is 697. The number of anilines is 1. The molecule has 0 saturated carbocycles. The molecule has 3 aromatic rings. The number of hydrogen-bond donors (Lipinski definition) is 0. The molecular formula is C13H14N4. The lowest BCUT2D eigenvalue weighted by atomic mass is 10.2. The summed E-state index contributed by atoms with van der Waals surface area (Å²) in [6.45, 7) is 2.08. The van der Waals surface area contributed by atoms with E-state index in [1.54, 1.807) is 0 Å². The first-order valence-corrected chi connectivity index (χ1v) is 5.58. The van der Waals surface area contributed by atoms with E-state index >= 15 is 0 Å². The van der Waals surface area contributed by atoms with Gasteiger partial charge in [0.1, 0.15) is 5.52 Å². The summed E-state index contributed by atoms with van der Waals surface area (Å²) in [7, 11) is 3.99. The van der Waals surface area contributed by atoms with Gasteiger partial charge in [0, 0.05) is 14.1 Å². The van der Waals surface area contributed by atoms with Gasteiger partial charge < -0.3 is 4.90 Å². The standard InChI is InChI=1S/C13H14N4/c1-9-4-5-10-12(8-9)17-11(6-7-14-17)13(15-10)16(2)3/h4-8H,1-3H3. The van der Waals surface area contributed by atoms with E-state index in [9.17, 15) is 0 Å². The quantitative estimate of drug-likeness (QED) is 0.638. The van der Waals surface area contributed by atoms with Crippen LogP contribution in [0.25, 0.3) is 16.6 Å². The highest BCUT2D eigenvalue weighted by atomic mass is 15.3. The molecule has 0 aliphatic heterocycles. The molecule has 0 aliphatic carbocycles. The summed E-state index contributed by atoms with van der Waals surface area (Å²) >= 11 is 0. The van der Waals surface area contributed by atoms with Gasteiger partial charge in [0.15, 0.2) is 5.82 Å². The van der Waals surface area contributed by atoms with Gasteiger partial charge in [-0.2, -0.15) is 5.10 Å². The SMILES string of the molecule is Cc1ccc2nc(N(C)C)c3ccnn3c2c1. The number of hydrogen-bond acceptors (Lipinski definition) is 3. The van der Waals surface area contributed by atoms with Gasteiger partial charge in [0.25, 0.3) is 0 Å². The minimum atomic E-state index is 0.943. The Morgan fingerprint density at radius 1 is 1.12 bits per heavy atom. The van der Waals surface area contributed by atoms with E-state index in [1.807, 2.05) is 41.8 Å². The van der Waals surface area contributed by atoms with E-state index in [4.69, 9.17) is 0 Å². The van der Waals surface area contributed by atoms with Crippen molar-refractivity contribution in [2.75, 3.05) is 19.0 Å². The molecule has 17 heavy (non-hydrogen) atoms. The van der Waals surface area contributed by atoms with Crippen LogP contribution in [0.1, 0.15) is 5.56 Å². The molecule has 0 saturated heterocycles. The number of nitrogens with zero attached hydrogens (tertiary/aromatic N) is 4. The normalized spacial score (nSPS) is 11.2. The van der Waals surface area contributed by atoms with Gasteiger partial charge in [0.2, 0.25) is 0 Å². The topological polar surface area (TPSA) is 33.4 Å². The zero-order valence-electron chi connectivity index (χ0n) is 10.2. The Labute approximate surface area is 99.5 Å². The summed E-state index contributed by atoms with van der Waals surface area (Å²) in [5.74, 6) is 0.943. The van der Waals surface area contributed by atoms with Crippen LogP contribution in [0.15, 0.2) is 30.5 Å². The lowest BCUT2D eigenvalue weighted by molar-refractivity contribution is 0.978. The molecule has 2 heterocycles. The minimum absolute atomic E-state index is 0.943. The number of benzene rings is 1. The van der Waals surface area contributed by atoms with Crippen molar-refractivity contribution in [3.05, 3.63) is 36.0 Å². The molecule has 0 bridgehead atoms. The highest BCUT2D eigenvalue weighted by Gasteiger charge is 2.10. The van der Waals surface area contributed by atoms with Gasteiger partial charge in [-0.3, -0.25) is 0 Å². The third-order valence-corrected chi connectivity index (χ3v) is 2.88. The number of fused-ring (bicyclic) bond motifs is 3. The molecule has 0 atom stereocenters. The smallest absolute Gasteiger partial charge is 0.154 e. The molecule has 0 spiro atoms. The van der Waals surface area contributed by atoms with E-state index in [2.05, 4.69) is 29.1 Å². The molecule has 0 radical (unpaired) electrons. The zero-order chi connectivity index (χ0) is 12.0. The van der Waals surface area contributed by atoms with E-state index < -0.39 is 0 Å². The third kappa shape index (κ3) is 1.45. The van der Waals surface area contributed by atoms with E-state index in [0.29, 0.717) is 0 Å². The first-order valence-electron chi connectivity index (χ1n) is 5.58. The molecule has 0 unspecified atom stereocenters. The molecule has 0 N–H and O–H groups in total. The molecule has 4 heteroatoms. The van der Waals surface area contributed by atoms with Crippen molar-refractivity contribution in [2.45, 2.75) is 6.92 Å². The fourth-order valence-electron chi connectivity index (χ4n) is 2.06. The van der Waals surface area contributed by atoms with Gasteiger partial charge >= 0.3 is 0 Å². The zero-order valence-corrected chi connectivity index (χ0v) is 10.2. The average molecular weight is 226 g/mol. The predicted octanol–water partition coefficient (Wildman–Crippen LogP) is 2.26. The van der Waals surface area contributed by atoms with Crippen LogP contribution in [0, 0.1) is 6.92 Å². The molecule has 86 valence electrons. The van der Waals surface area contributed by atoms with E-state index in [0.717, 1.165) is 22.4 Å². The maximum absolute atomic E-state index is 4.68. The fraction of sp³-hybridized carbons (Fsp3) is 0.231. The second-order valence-electron chi connectivity index (χ2n) is 4.45. The van der Waals surface area contributed by atoms with Crippen LogP contribution in [-0.2, 0) is 0 Å². The molecule has 0 amide bonds. The molecule has 3 rings (SSSR count). The Morgan fingerprint density at radius 2 is 1.94 bits per heavy atom. The molecule has 4 nitrogen and oxygen atoms in total. The lowest BCUT2D eigenvalue weighted by Gasteiger charge is -2.14. The first-order chi connectivity index (χ1) is 8.16. The number of aromatic nitrogens is 3. The second-order valence-corrected chi connectivity index (χ2v) is 4.45. The summed E-state index contributed by atoms with van der Waals surface area (Å²) in [4.78, 5) is 6.69. The highest BCUT2D eigenvalue weighted by Crippen LogP contribution is 2.23. The summed E-state index contributed by atoms with van der Waals surface area (Å²) in [5, 5.41) is 4.38. The van der Waals surface area contributed by atoms with Crippen molar-refractivity contribution >= 4 is 22.4 Å². The Kier molecular flexibility index (Phi) is 2.04. The maximum atomic E-state index is 4.68. The van der Waals surface area contributed by atoms with Gasteiger partial charge in [-0.05, 0) is 30.7 Å². The largest absolute Gasteiger partial charge is 0.361 e. The molecule has 1 aromatic carbocycles. The predicted molar refractivity (Wildman–Crippen MR) is 69.6 cm³/mol. The molecular weight excluding hydrogens is 212 g/mol. The van der Waals surface area contributed by atoms with E-state index in [1.165, 1.54) is 5.56 Å². The van der Waals surface area contributed by atoms with Crippen LogP contribution >= 0.6 is 0 Å². The van der Waals surface area contributed by atoms with Crippen molar-refractivity contribution in [3.8, 4) is 0 Å². The van der Waals surface area contributed by atoms with Gasteiger partial charge in [0.05, 0.1) is 17.2 Å². The number of rotatable bonds is 1. The summed E-state index contributed by atoms with van der Waals surface area (Å²) in [5.41, 5.74) is 4.27. The number of aryl methyl sites for hydroxylation is 1. The summed E-state index contributed by atoms with van der Waals surface area (Å²) < 4.78 is 1.95. The third-order valence-electron chi connectivity index (χ3n) is 2.88. The molecule has 0 fully saturated rings.